The summed E-state index contributed by atoms with van der Waals surface area (Å²) in [5.74, 6) is -0.257. The quantitative estimate of drug-likeness (QED) is 0.372. The summed E-state index contributed by atoms with van der Waals surface area (Å²) in [6, 6.07) is 11.7. The van der Waals surface area contributed by atoms with Crippen molar-refractivity contribution in [3.05, 3.63) is 89.0 Å². The van der Waals surface area contributed by atoms with E-state index in [1.54, 1.807) is 42.9 Å². The van der Waals surface area contributed by atoms with Crippen molar-refractivity contribution < 1.29 is 17.9 Å². The van der Waals surface area contributed by atoms with E-state index in [0.717, 1.165) is 37.0 Å². The van der Waals surface area contributed by atoms with Crippen LogP contribution in [0.5, 0.6) is 0 Å². The number of sulfone groups is 1. The largest absolute Gasteiger partial charge is 0.355 e. The Labute approximate surface area is 203 Å². The number of benzene rings is 2. The lowest BCUT2D eigenvalue weighted by Crippen LogP contribution is -2.24. The molecule has 0 saturated carbocycles. The normalized spacial score (nSPS) is 24.6. The standard InChI is InChI=1S/C28H24N2O4S/c31-25-19-10-5-6-13-22(19)35(32,33)28-20(11-7-12-21(25)28)23-24(30-15-14-29-16-30)27-18-9-4-2-1-3-8-17(18)26(23)34-27/h5-7,10-16,26-27H,1-4,8-9H2. The number of ether oxygens (including phenoxy) is 1. The lowest BCUT2D eigenvalue weighted by atomic mass is 9.80. The third-order valence-electron chi connectivity index (χ3n) is 7.77. The van der Waals surface area contributed by atoms with Crippen LogP contribution < -0.4 is 0 Å². The van der Waals surface area contributed by atoms with Gasteiger partial charge in [0.2, 0.25) is 9.84 Å². The first kappa shape index (κ1) is 21.0. The number of rotatable bonds is 2. The molecule has 2 aromatic carbocycles. The predicted molar refractivity (Wildman–Crippen MR) is 130 cm³/mol. The van der Waals surface area contributed by atoms with Crippen molar-refractivity contribution in [1.29, 1.82) is 0 Å². The van der Waals surface area contributed by atoms with Crippen molar-refractivity contribution in [2.45, 2.75) is 60.5 Å². The smallest absolute Gasteiger partial charge is 0.208 e. The van der Waals surface area contributed by atoms with E-state index in [9.17, 15) is 13.2 Å². The molecule has 4 aliphatic rings. The lowest BCUT2D eigenvalue weighted by molar-refractivity contribution is 0.103. The Hall–Kier alpha value is -3.29. The van der Waals surface area contributed by atoms with Gasteiger partial charge < -0.3 is 9.30 Å². The average molecular weight is 485 g/mol. The van der Waals surface area contributed by atoms with Gasteiger partial charge in [-0.2, -0.15) is 0 Å². The van der Waals surface area contributed by atoms with E-state index >= 15 is 0 Å². The Bertz CT molecular complexity index is 1560. The minimum absolute atomic E-state index is 0.0738. The zero-order valence-corrected chi connectivity index (χ0v) is 19.9. The van der Waals surface area contributed by atoms with Crippen molar-refractivity contribution in [1.82, 2.24) is 9.55 Å². The Morgan fingerprint density at radius 2 is 1.57 bits per heavy atom. The maximum Gasteiger partial charge on any atom is 0.208 e. The van der Waals surface area contributed by atoms with Gasteiger partial charge in [0.25, 0.3) is 0 Å². The van der Waals surface area contributed by atoms with Gasteiger partial charge in [0, 0.05) is 34.7 Å². The second-order valence-corrected chi connectivity index (χ2v) is 11.5. The highest BCUT2D eigenvalue weighted by Crippen LogP contribution is 2.54. The summed E-state index contributed by atoms with van der Waals surface area (Å²) in [5.41, 5.74) is 5.43. The number of carbonyl (C=O) groups is 1. The minimum atomic E-state index is -3.91. The predicted octanol–water partition coefficient (Wildman–Crippen LogP) is 5.06. The van der Waals surface area contributed by atoms with Gasteiger partial charge in [-0.05, 0) is 55.0 Å². The Morgan fingerprint density at radius 1 is 0.857 bits per heavy atom. The molecule has 3 aliphatic heterocycles. The maximum atomic E-state index is 14.0. The van der Waals surface area contributed by atoms with Crippen molar-refractivity contribution in [3.63, 3.8) is 0 Å². The fourth-order valence-electron chi connectivity index (χ4n) is 6.27. The van der Waals surface area contributed by atoms with Gasteiger partial charge in [-0.3, -0.25) is 4.79 Å². The van der Waals surface area contributed by atoms with E-state index in [2.05, 4.69) is 4.98 Å². The maximum absolute atomic E-state index is 14.0. The third kappa shape index (κ3) is 2.88. The molecule has 1 aliphatic carbocycles. The second-order valence-electron chi connectivity index (χ2n) is 9.64. The molecule has 6 nitrogen and oxygen atoms in total. The molecule has 7 heteroatoms. The first-order valence-corrected chi connectivity index (χ1v) is 13.7. The molecule has 2 bridgehead atoms. The molecule has 0 saturated heterocycles. The highest BCUT2D eigenvalue weighted by Gasteiger charge is 2.49. The summed E-state index contributed by atoms with van der Waals surface area (Å²) < 4.78 is 36.5. The van der Waals surface area contributed by atoms with Crippen molar-refractivity contribution in [2.75, 3.05) is 0 Å². The Balaban J connectivity index is 1.49. The molecule has 2 atom stereocenters. The highest BCUT2D eigenvalue weighted by molar-refractivity contribution is 7.91. The number of nitrogens with zero attached hydrogens (tertiary/aromatic N) is 2. The summed E-state index contributed by atoms with van der Waals surface area (Å²) in [4.78, 5) is 17.8. The fraction of sp³-hybridized carbons (Fsp3) is 0.286. The first-order chi connectivity index (χ1) is 17.1. The Morgan fingerprint density at radius 3 is 2.34 bits per heavy atom. The van der Waals surface area contributed by atoms with Crippen molar-refractivity contribution in [3.8, 4) is 0 Å². The van der Waals surface area contributed by atoms with Crippen molar-refractivity contribution >= 4 is 26.9 Å². The molecular weight excluding hydrogens is 460 g/mol. The summed E-state index contributed by atoms with van der Waals surface area (Å²) in [6.07, 6.45) is 11.4. The van der Waals surface area contributed by atoms with E-state index in [1.165, 1.54) is 30.1 Å². The van der Waals surface area contributed by atoms with Gasteiger partial charge in [0.15, 0.2) is 5.78 Å². The van der Waals surface area contributed by atoms with E-state index in [1.807, 2.05) is 16.8 Å². The van der Waals surface area contributed by atoms with Gasteiger partial charge in [0.1, 0.15) is 12.2 Å². The van der Waals surface area contributed by atoms with Crippen LogP contribution in [0.3, 0.4) is 0 Å². The molecule has 0 amide bonds. The van der Waals surface area contributed by atoms with Crippen LogP contribution in [0.25, 0.3) is 11.3 Å². The van der Waals surface area contributed by atoms with Gasteiger partial charge in [0.05, 0.1) is 21.8 Å². The summed E-state index contributed by atoms with van der Waals surface area (Å²) >= 11 is 0. The number of imidazole rings is 1. The number of carbonyl (C=O) groups excluding carboxylic acids is 1. The minimum Gasteiger partial charge on any atom is -0.355 e. The molecule has 7 rings (SSSR count). The molecule has 0 spiro atoms. The highest BCUT2D eigenvalue weighted by atomic mass is 32.2. The van der Waals surface area contributed by atoms with Gasteiger partial charge in [-0.1, -0.05) is 37.1 Å². The summed E-state index contributed by atoms with van der Waals surface area (Å²) in [5, 5.41) is 0. The molecule has 0 radical (unpaired) electrons. The topological polar surface area (TPSA) is 78.3 Å². The number of aromatic nitrogens is 2. The van der Waals surface area contributed by atoms with E-state index in [0.29, 0.717) is 5.56 Å². The molecule has 3 aromatic rings. The SMILES string of the molecule is O=C1c2ccccc2S(=O)(=O)c2c1cccc2C1=C(n2ccnc2)C2OC1C1=C2CCCCCC1. The van der Waals surface area contributed by atoms with E-state index in [-0.39, 0.29) is 38.9 Å². The van der Waals surface area contributed by atoms with Crippen LogP contribution in [-0.4, -0.2) is 36.0 Å². The zero-order valence-electron chi connectivity index (χ0n) is 19.1. The average Bonchev–Trinajstić information content (AvgIpc) is 3.57. The number of hydrogen-bond donors (Lipinski definition) is 0. The van der Waals surface area contributed by atoms with Gasteiger partial charge in [-0.25, -0.2) is 13.4 Å². The third-order valence-corrected chi connectivity index (χ3v) is 9.68. The van der Waals surface area contributed by atoms with Crippen LogP contribution in [-0.2, 0) is 14.6 Å². The van der Waals surface area contributed by atoms with Crippen LogP contribution in [0.2, 0.25) is 0 Å². The first-order valence-electron chi connectivity index (χ1n) is 12.2. The van der Waals surface area contributed by atoms with Crippen LogP contribution in [0.4, 0.5) is 0 Å². The molecule has 0 N–H and O–H groups in total. The van der Waals surface area contributed by atoms with Crippen LogP contribution in [0, 0.1) is 0 Å². The molecule has 4 heterocycles. The molecule has 176 valence electrons. The summed E-state index contributed by atoms with van der Waals surface area (Å²) in [6.45, 7) is 0. The van der Waals surface area contributed by atoms with E-state index in [4.69, 9.17) is 4.74 Å². The van der Waals surface area contributed by atoms with Crippen molar-refractivity contribution in [2.24, 2.45) is 0 Å². The molecule has 1 aromatic heterocycles. The van der Waals surface area contributed by atoms with E-state index < -0.39 is 9.84 Å². The molecule has 35 heavy (non-hydrogen) atoms. The number of fused-ring (bicyclic) bond motifs is 6. The molecular formula is C28H24N2O4S. The van der Waals surface area contributed by atoms with Gasteiger partial charge >= 0.3 is 0 Å². The van der Waals surface area contributed by atoms with Gasteiger partial charge in [-0.15, -0.1) is 0 Å². The van der Waals surface area contributed by atoms with Crippen LogP contribution >= 0.6 is 0 Å². The fourth-order valence-corrected chi connectivity index (χ4v) is 8.11. The van der Waals surface area contributed by atoms with Crippen LogP contribution in [0.15, 0.2) is 82.1 Å². The number of hydrogen-bond acceptors (Lipinski definition) is 5. The monoisotopic (exact) mass is 484 g/mol. The summed E-state index contributed by atoms with van der Waals surface area (Å²) in [7, 11) is -3.91. The lowest BCUT2D eigenvalue weighted by Gasteiger charge is -2.27. The van der Waals surface area contributed by atoms with Crippen LogP contribution in [0.1, 0.15) is 60.0 Å². The second kappa shape index (κ2) is 7.60. The Kier molecular flexibility index (Phi) is 4.57. The molecule has 0 fully saturated rings. The number of ketones is 1. The molecule has 2 unspecified atom stereocenters. The zero-order chi connectivity index (χ0) is 23.7.